The highest BCUT2D eigenvalue weighted by Gasteiger charge is 2.14. The highest BCUT2D eigenvalue weighted by Crippen LogP contribution is 2.29. The van der Waals surface area contributed by atoms with Crippen LogP contribution in [0.4, 0.5) is 0 Å². The molecule has 18 heavy (non-hydrogen) atoms. The van der Waals surface area contributed by atoms with Crippen LogP contribution in [-0.4, -0.2) is 0 Å². The van der Waals surface area contributed by atoms with E-state index in [-0.39, 0.29) is 5.41 Å². The van der Waals surface area contributed by atoms with Crippen molar-refractivity contribution in [3.05, 3.63) is 59.2 Å². The second-order valence-electron chi connectivity index (χ2n) is 6.06. The predicted molar refractivity (Wildman–Crippen MR) is 78.9 cm³/mol. The Morgan fingerprint density at radius 2 is 1.67 bits per heavy atom. The van der Waals surface area contributed by atoms with Crippen LogP contribution < -0.4 is 0 Å². The van der Waals surface area contributed by atoms with Crippen LogP contribution in [0.5, 0.6) is 0 Å². The molecule has 0 fully saturated rings. The van der Waals surface area contributed by atoms with E-state index in [0.717, 1.165) is 0 Å². The Labute approximate surface area is 111 Å². The van der Waals surface area contributed by atoms with Crippen molar-refractivity contribution in [2.45, 2.75) is 40.0 Å². The SMILES string of the molecule is Cc1ccc(C)c(-c2[c]ccc(C(C)(C)C)c2)c1. The highest BCUT2D eigenvalue weighted by molar-refractivity contribution is 5.68. The Kier molecular flexibility index (Phi) is 3.30. The van der Waals surface area contributed by atoms with Crippen molar-refractivity contribution < 1.29 is 0 Å². The molecule has 0 heteroatoms. The van der Waals surface area contributed by atoms with Gasteiger partial charge >= 0.3 is 0 Å². The van der Waals surface area contributed by atoms with Crippen LogP contribution >= 0.6 is 0 Å². The first-order chi connectivity index (χ1) is 8.38. The monoisotopic (exact) mass is 237 g/mol. The maximum atomic E-state index is 3.37. The summed E-state index contributed by atoms with van der Waals surface area (Å²) in [7, 11) is 0. The van der Waals surface area contributed by atoms with Crippen LogP contribution in [0, 0.1) is 19.9 Å². The van der Waals surface area contributed by atoms with Gasteiger partial charge in [-0.2, -0.15) is 0 Å². The van der Waals surface area contributed by atoms with Crippen molar-refractivity contribution in [1.29, 1.82) is 0 Å². The van der Waals surface area contributed by atoms with Gasteiger partial charge in [0, 0.05) is 0 Å². The number of hydrogen-bond acceptors (Lipinski definition) is 0. The second-order valence-corrected chi connectivity index (χ2v) is 6.06. The zero-order valence-corrected chi connectivity index (χ0v) is 12.0. The maximum absolute atomic E-state index is 3.37. The molecule has 0 saturated carbocycles. The molecule has 0 heterocycles. The van der Waals surface area contributed by atoms with Crippen LogP contribution in [-0.2, 0) is 5.41 Å². The molecule has 0 amide bonds. The minimum Gasteiger partial charge on any atom is -0.0590 e. The molecule has 0 aromatic heterocycles. The maximum Gasteiger partial charge on any atom is -0.00989 e. The summed E-state index contributed by atoms with van der Waals surface area (Å²) in [6, 6.07) is 16.4. The average molecular weight is 237 g/mol. The van der Waals surface area contributed by atoms with Crippen LogP contribution in [0.1, 0.15) is 37.5 Å². The minimum absolute atomic E-state index is 0.182. The third-order valence-electron chi connectivity index (χ3n) is 3.35. The van der Waals surface area contributed by atoms with E-state index in [0.29, 0.717) is 0 Å². The summed E-state index contributed by atoms with van der Waals surface area (Å²) in [5, 5.41) is 0. The van der Waals surface area contributed by atoms with E-state index in [1.54, 1.807) is 0 Å². The fraction of sp³-hybridized carbons (Fsp3) is 0.333. The lowest BCUT2D eigenvalue weighted by molar-refractivity contribution is 0.590. The van der Waals surface area contributed by atoms with E-state index in [9.17, 15) is 0 Å². The van der Waals surface area contributed by atoms with E-state index in [4.69, 9.17) is 0 Å². The Morgan fingerprint density at radius 1 is 0.944 bits per heavy atom. The summed E-state index contributed by atoms with van der Waals surface area (Å²) >= 11 is 0. The minimum atomic E-state index is 0.182. The summed E-state index contributed by atoms with van der Waals surface area (Å²) in [4.78, 5) is 0. The summed E-state index contributed by atoms with van der Waals surface area (Å²) in [6.45, 7) is 11.0. The van der Waals surface area contributed by atoms with Crippen LogP contribution in [0.15, 0.2) is 36.4 Å². The third-order valence-corrected chi connectivity index (χ3v) is 3.35. The fourth-order valence-corrected chi connectivity index (χ4v) is 2.11. The molecular weight excluding hydrogens is 216 g/mol. The average Bonchev–Trinajstić information content (AvgIpc) is 2.31. The topological polar surface area (TPSA) is 0 Å². The lowest BCUT2D eigenvalue weighted by Crippen LogP contribution is -2.10. The van der Waals surface area contributed by atoms with E-state index in [2.05, 4.69) is 71.0 Å². The lowest BCUT2D eigenvalue weighted by atomic mass is 9.85. The molecule has 0 nitrogen and oxygen atoms in total. The molecule has 2 aromatic rings. The molecule has 0 N–H and O–H groups in total. The van der Waals surface area contributed by atoms with Crippen molar-refractivity contribution in [2.75, 3.05) is 0 Å². The molecule has 2 aromatic carbocycles. The Hall–Kier alpha value is -1.56. The van der Waals surface area contributed by atoms with E-state index >= 15 is 0 Å². The van der Waals surface area contributed by atoms with Gasteiger partial charge in [-0.25, -0.2) is 0 Å². The number of benzene rings is 2. The molecule has 0 aliphatic heterocycles. The van der Waals surface area contributed by atoms with Gasteiger partial charge in [0.15, 0.2) is 0 Å². The Balaban J connectivity index is 2.55. The first-order valence-corrected chi connectivity index (χ1v) is 6.48. The number of hydrogen-bond donors (Lipinski definition) is 0. The summed E-state index contributed by atoms with van der Waals surface area (Å²) in [5.74, 6) is 0. The zero-order valence-electron chi connectivity index (χ0n) is 12.0. The molecule has 2 rings (SSSR count). The first-order valence-electron chi connectivity index (χ1n) is 6.48. The van der Waals surface area contributed by atoms with Crippen LogP contribution in [0.25, 0.3) is 11.1 Å². The molecule has 0 atom stereocenters. The summed E-state index contributed by atoms with van der Waals surface area (Å²) in [6.07, 6.45) is 0. The van der Waals surface area contributed by atoms with Crippen molar-refractivity contribution in [3.63, 3.8) is 0 Å². The largest absolute Gasteiger partial charge is 0.0590 e. The molecule has 0 bridgehead atoms. The smallest absolute Gasteiger partial charge is 0.00989 e. The van der Waals surface area contributed by atoms with Gasteiger partial charge in [0.25, 0.3) is 0 Å². The number of rotatable bonds is 1. The molecular formula is C18H21. The molecule has 93 valence electrons. The van der Waals surface area contributed by atoms with Gasteiger partial charge in [-0.15, -0.1) is 0 Å². The standard InChI is InChI=1S/C18H21/c1-13-9-10-14(2)17(11-13)15-7-6-8-16(12-15)18(3,4)5/h6,8-12H,1-5H3. The quantitative estimate of drug-likeness (QED) is 0.649. The van der Waals surface area contributed by atoms with E-state index in [1.165, 1.54) is 27.8 Å². The van der Waals surface area contributed by atoms with Crippen LogP contribution in [0.3, 0.4) is 0 Å². The molecule has 0 aliphatic rings. The van der Waals surface area contributed by atoms with Gasteiger partial charge in [-0.1, -0.05) is 56.7 Å². The molecule has 0 spiro atoms. The zero-order chi connectivity index (χ0) is 13.3. The van der Waals surface area contributed by atoms with Gasteiger partial charge in [0.2, 0.25) is 0 Å². The van der Waals surface area contributed by atoms with E-state index < -0.39 is 0 Å². The van der Waals surface area contributed by atoms with Crippen LogP contribution in [0.2, 0.25) is 0 Å². The molecule has 0 saturated heterocycles. The van der Waals surface area contributed by atoms with Gasteiger partial charge < -0.3 is 0 Å². The normalized spacial score (nSPS) is 11.6. The highest BCUT2D eigenvalue weighted by atomic mass is 14.2. The van der Waals surface area contributed by atoms with Gasteiger partial charge in [-0.05, 0) is 53.6 Å². The molecule has 1 radical (unpaired) electrons. The van der Waals surface area contributed by atoms with Crippen molar-refractivity contribution >= 4 is 0 Å². The lowest BCUT2D eigenvalue weighted by Gasteiger charge is -2.20. The third kappa shape index (κ3) is 2.64. The van der Waals surface area contributed by atoms with Gasteiger partial charge in [0.05, 0.1) is 0 Å². The van der Waals surface area contributed by atoms with E-state index in [1.807, 2.05) is 6.07 Å². The summed E-state index contributed by atoms with van der Waals surface area (Å²) in [5.41, 5.74) is 6.64. The fourth-order valence-electron chi connectivity index (χ4n) is 2.11. The first kappa shape index (κ1) is 12.9. The second kappa shape index (κ2) is 4.61. The van der Waals surface area contributed by atoms with Gasteiger partial charge in [0.1, 0.15) is 0 Å². The summed E-state index contributed by atoms with van der Waals surface area (Å²) < 4.78 is 0. The molecule has 0 unspecified atom stereocenters. The predicted octanol–water partition coefficient (Wildman–Crippen LogP) is 5.07. The Morgan fingerprint density at radius 3 is 2.33 bits per heavy atom. The molecule has 0 aliphatic carbocycles. The Bertz CT molecular complexity index is 556. The van der Waals surface area contributed by atoms with Crippen molar-refractivity contribution in [3.8, 4) is 11.1 Å². The van der Waals surface area contributed by atoms with Crippen molar-refractivity contribution in [1.82, 2.24) is 0 Å². The number of aryl methyl sites for hydroxylation is 2. The van der Waals surface area contributed by atoms with Gasteiger partial charge in [-0.3, -0.25) is 0 Å². The van der Waals surface area contributed by atoms with Crippen molar-refractivity contribution in [2.24, 2.45) is 0 Å².